The Hall–Kier alpha value is -1.06. The van der Waals surface area contributed by atoms with Crippen LogP contribution in [-0.2, 0) is 18.4 Å². The molecular formula is C46H91N2O7P. The Bertz CT molecular complexity index is 987. The topological polar surface area (TPSA) is 128 Å². The summed E-state index contributed by atoms with van der Waals surface area (Å²) in [6, 6.07) is -1.09. The lowest BCUT2D eigenvalue weighted by molar-refractivity contribution is -0.870. The first-order valence-electron chi connectivity index (χ1n) is 23.3. The van der Waals surface area contributed by atoms with Gasteiger partial charge in [-0.1, -0.05) is 173 Å². The number of phosphoric ester groups is 1. The molecule has 0 radical (unpaired) electrons. The number of amides is 1. The van der Waals surface area contributed by atoms with Gasteiger partial charge in [-0.05, 0) is 51.4 Å². The van der Waals surface area contributed by atoms with Gasteiger partial charge in [-0.3, -0.25) is 9.36 Å². The highest BCUT2D eigenvalue weighted by Crippen LogP contribution is 2.38. The molecule has 4 atom stereocenters. The number of phosphoric acid groups is 1. The van der Waals surface area contributed by atoms with Crippen molar-refractivity contribution in [2.45, 2.75) is 225 Å². The summed E-state index contributed by atoms with van der Waals surface area (Å²) in [7, 11) is 1.10. The third-order valence-electron chi connectivity index (χ3n) is 10.5. The standard InChI is InChI=1S/C46H91N2O7P/c1-6-8-10-12-14-16-18-20-21-22-23-24-25-26-27-29-31-33-35-37-39-45(50)47-43(42-55-56(52,53)54-41-40-48(3,4)5)46(51)44(49)38-36-34-32-30-28-19-17-15-13-11-9-7-2/h15,17,30,32,43-44,46,49,51H,6-14,16,18-29,31,33-42H2,1-5H3,(H-,47,50,52,53)/b17-15+,32-30+. The van der Waals surface area contributed by atoms with E-state index in [1.54, 1.807) is 0 Å². The second-order valence-electron chi connectivity index (χ2n) is 17.2. The molecule has 3 N–H and O–H groups in total. The van der Waals surface area contributed by atoms with E-state index in [4.69, 9.17) is 9.05 Å². The number of aliphatic hydroxyl groups excluding tert-OH is 2. The number of hydrogen-bond acceptors (Lipinski definition) is 7. The van der Waals surface area contributed by atoms with Crippen molar-refractivity contribution in [1.29, 1.82) is 0 Å². The highest BCUT2D eigenvalue weighted by molar-refractivity contribution is 7.45. The predicted molar refractivity (Wildman–Crippen MR) is 234 cm³/mol. The second-order valence-corrected chi connectivity index (χ2v) is 18.6. The molecule has 0 bridgehead atoms. The van der Waals surface area contributed by atoms with E-state index in [0.29, 0.717) is 30.3 Å². The van der Waals surface area contributed by atoms with Gasteiger partial charge in [0.1, 0.15) is 19.3 Å². The van der Waals surface area contributed by atoms with Crippen molar-refractivity contribution < 1.29 is 38.0 Å². The highest BCUT2D eigenvalue weighted by atomic mass is 31.2. The van der Waals surface area contributed by atoms with Gasteiger partial charge in [-0.25, -0.2) is 0 Å². The van der Waals surface area contributed by atoms with E-state index in [1.807, 2.05) is 21.1 Å². The van der Waals surface area contributed by atoms with E-state index in [9.17, 15) is 24.5 Å². The summed E-state index contributed by atoms with van der Waals surface area (Å²) in [4.78, 5) is 25.4. The van der Waals surface area contributed by atoms with E-state index < -0.39 is 32.7 Å². The molecule has 10 heteroatoms. The molecule has 0 rings (SSSR count). The number of carbonyl (C=O) groups excluding carboxylic acids is 1. The van der Waals surface area contributed by atoms with Crippen molar-refractivity contribution in [3.8, 4) is 0 Å². The number of allylic oxidation sites excluding steroid dienone is 4. The third kappa shape index (κ3) is 38.5. The Morgan fingerprint density at radius 3 is 1.50 bits per heavy atom. The fraction of sp³-hybridized carbons (Fsp3) is 0.891. The summed E-state index contributed by atoms with van der Waals surface area (Å²) < 4.78 is 23.1. The molecule has 0 aliphatic rings. The van der Waals surface area contributed by atoms with Crippen LogP contribution in [-0.4, -0.2) is 79.8 Å². The maximum Gasteiger partial charge on any atom is 0.268 e. The van der Waals surface area contributed by atoms with Crippen LogP contribution >= 0.6 is 7.82 Å². The SMILES string of the molecule is CCCCC/C=C/CC/C=C/CCCC(O)C(O)C(COP(=O)([O-])OCC[N+](C)(C)C)NC(=O)CCCCCCCCCCCCCCCCCCCCCC. The van der Waals surface area contributed by atoms with Gasteiger partial charge in [0.2, 0.25) is 5.91 Å². The molecule has 0 aliphatic heterocycles. The van der Waals surface area contributed by atoms with Gasteiger partial charge in [0.25, 0.3) is 7.82 Å². The van der Waals surface area contributed by atoms with Crippen molar-refractivity contribution in [1.82, 2.24) is 5.32 Å². The molecule has 0 saturated heterocycles. The molecule has 0 aliphatic carbocycles. The normalized spacial score (nSPS) is 15.1. The molecule has 0 aromatic carbocycles. The zero-order valence-electron chi connectivity index (χ0n) is 37.2. The minimum absolute atomic E-state index is 0.0469. The molecule has 1 amide bonds. The number of aliphatic hydroxyl groups is 2. The van der Waals surface area contributed by atoms with Gasteiger partial charge in [-0.2, -0.15) is 0 Å². The second kappa shape index (κ2) is 38.2. The van der Waals surface area contributed by atoms with Crippen LogP contribution in [0.4, 0.5) is 0 Å². The zero-order valence-corrected chi connectivity index (χ0v) is 38.1. The number of rotatable bonds is 42. The molecule has 0 saturated carbocycles. The summed E-state index contributed by atoms with van der Waals surface area (Å²) in [5, 5.41) is 24.6. The minimum atomic E-state index is -4.67. The first-order chi connectivity index (χ1) is 26.9. The Kier molecular flexibility index (Phi) is 37.4. The fourth-order valence-electron chi connectivity index (χ4n) is 6.74. The van der Waals surface area contributed by atoms with Crippen LogP contribution in [0.2, 0.25) is 0 Å². The van der Waals surface area contributed by atoms with Crippen molar-refractivity contribution in [2.75, 3.05) is 40.9 Å². The number of carbonyl (C=O) groups is 1. The van der Waals surface area contributed by atoms with Crippen LogP contribution in [0, 0.1) is 0 Å². The molecule has 332 valence electrons. The van der Waals surface area contributed by atoms with E-state index in [1.165, 1.54) is 128 Å². The van der Waals surface area contributed by atoms with Crippen LogP contribution in [0.25, 0.3) is 0 Å². The average Bonchev–Trinajstić information content (AvgIpc) is 3.15. The molecular weight excluding hydrogens is 723 g/mol. The molecule has 4 unspecified atom stereocenters. The Labute approximate surface area is 346 Å². The van der Waals surface area contributed by atoms with Crippen LogP contribution in [0.1, 0.15) is 206 Å². The van der Waals surface area contributed by atoms with E-state index >= 15 is 0 Å². The number of unbranched alkanes of at least 4 members (excludes halogenated alkanes) is 24. The largest absolute Gasteiger partial charge is 0.756 e. The van der Waals surface area contributed by atoms with Gasteiger partial charge >= 0.3 is 0 Å². The van der Waals surface area contributed by atoms with Crippen molar-refractivity contribution in [3.63, 3.8) is 0 Å². The van der Waals surface area contributed by atoms with Crippen molar-refractivity contribution >= 4 is 13.7 Å². The summed E-state index contributed by atoms with van der Waals surface area (Å²) in [5.41, 5.74) is 0. The Balaban J connectivity index is 4.42. The van der Waals surface area contributed by atoms with Crippen molar-refractivity contribution in [3.05, 3.63) is 24.3 Å². The van der Waals surface area contributed by atoms with Crippen LogP contribution in [0.3, 0.4) is 0 Å². The lowest BCUT2D eigenvalue weighted by Gasteiger charge is -2.31. The van der Waals surface area contributed by atoms with Gasteiger partial charge in [0.05, 0.1) is 39.9 Å². The molecule has 0 heterocycles. The molecule has 0 aromatic rings. The lowest BCUT2D eigenvalue weighted by Crippen LogP contribution is -2.51. The monoisotopic (exact) mass is 815 g/mol. The summed E-state index contributed by atoms with van der Waals surface area (Å²) in [5.74, 6) is -0.290. The molecule has 9 nitrogen and oxygen atoms in total. The zero-order chi connectivity index (χ0) is 41.6. The number of nitrogens with zero attached hydrogens (tertiary/aromatic N) is 1. The smallest absolute Gasteiger partial charge is 0.268 e. The molecule has 0 aromatic heterocycles. The molecule has 56 heavy (non-hydrogen) atoms. The van der Waals surface area contributed by atoms with Crippen LogP contribution < -0.4 is 10.2 Å². The molecule has 0 fully saturated rings. The minimum Gasteiger partial charge on any atom is -0.756 e. The van der Waals surface area contributed by atoms with Gasteiger partial charge in [0.15, 0.2) is 0 Å². The first kappa shape index (κ1) is 54.9. The quantitative estimate of drug-likeness (QED) is 0.0242. The van der Waals surface area contributed by atoms with Gasteiger partial charge < -0.3 is 34.0 Å². The summed E-state index contributed by atoms with van der Waals surface area (Å²) in [6.45, 7) is 4.38. The number of nitrogens with one attached hydrogen (secondary N) is 1. The maximum atomic E-state index is 12.9. The first-order valence-corrected chi connectivity index (χ1v) is 24.7. The van der Waals surface area contributed by atoms with E-state index in [2.05, 4.69) is 43.5 Å². The number of likely N-dealkylation sites (N-methyl/N-ethyl adjacent to an activating group) is 1. The van der Waals surface area contributed by atoms with Crippen LogP contribution in [0.15, 0.2) is 24.3 Å². The molecule has 0 spiro atoms. The third-order valence-corrected chi connectivity index (χ3v) is 11.5. The highest BCUT2D eigenvalue weighted by Gasteiger charge is 2.29. The van der Waals surface area contributed by atoms with E-state index in [-0.39, 0.29) is 18.9 Å². The Morgan fingerprint density at radius 2 is 1.04 bits per heavy atom. The summed E-state index contributed by atoms with van der Waals surface area (Å²) in [6.07, 6.45) is 40.8. The van der Waals surface area contributed by atoms with Gasteiger partial charge in [-0.15, -0.1) is 0 Å². The van der Waals surface area contributed by atoms with Crippen molar-refractivity contribution in [2.24, 2.45) is 0 Å². The van der Waals surface area contributed by atoms with E-state index in [0.717, 1.165) is 38.5 Å². The van der Waals surface area contributed by atoms with Crippen LogP contribution in [0.5, 0.6) is 0 Å². The number of hydrogen-bond donors (Lipinski definition) is 3. The predicted octanol–water partition coefficient (Wildman–Crippen LogP) is 11.3. The fourth-order valence-corrected chi connectivity index (χ4v) is 7.46. The summed E-state index contributed by atoms with van der Waals surface area (Å²) >= 11 is 0. The maximum absolute atomic E-state index is 12.9. The van der Waals surface area contributed by atoms with Gasteiger partial charge in [0, 0.05) is 6.42 Å². The average molecular weight is 815 g/mol. The lowest BCUT2D eigenvalue weighted by atomic mass is 10.0. The Morgan fingerprint density at radius 1 is 0.625 bits per heavy atom. The number of quaternary nitrogens is 1.